The molecule has 5 heteroatoms. The van der Waals surface area contributed by atoms with Crippen LogP contribution in [0.3, 0.4) is 0 Å². The lowest BCUT2D eigenvalue weighted by Crippen LogP contribution is -2.47. The maximum Gasteiger partial charge on any atom is 0.253 e. The van der Waals surface area contributed by atoms with Crippen molar-refractivity contribution in [3.63, 3.8) is 0 Å². The van der Waals surface area contributed by atoms with Gasteiger partial charge in [-0.05, 0) is 55.7 Å². The normalized spacial score (nSPS) is 27.8. The van der Waals surface area contributed by atoms with Crippen LogP contribution in [-0.2, 0) is 0 Å². The molecule has 1 aliphatic carbocycles. The van der Waals surface area contributed by atoms with E-state index in [0.29, 0.717) is 17.5 Å². The molecule has 1 amide bonds. The number of rotatable bonds is 3. The van der Waals surface area contributed by atoms with Crippen LogP contribution < -0.4 is 0 Å². The van der Waals surface area contributed by atoms with Crippen LogP contribution in [0.4, 0.5) is 0 Å². The standard InChI is InChI=1S/C19H25ClN2O2/c20-17-8-15(5-7-18(17)23)19(24)22-11-14-4-6-16(12-22)21(10-14)9-13-2-1-3-13/h5,7-8,13-14,16,23H,1-4,6,9-12H2/t14-,16-/m1/s1. The predicted molar refractivity (Wildman–Crippen MR) is 94.4 cm³/mol. The molecule has 0 spiro atoms. The first-order valence-corrected chi connectivity index (χ1v) is 9.50. The van der Waals surface area contributed by atoms with Gasteiger partial charge in [0.2, 0.25) is 0 Å². The van der Waals surface area contributed by atoms with Crippen LogP contribution in [0.1, 0.15) is 42.5 Å². The van der Waals surface area contributed by atoms with Gasteiger partial charge < -0.3 is 10.0 Å². The third-order valence-electron chi connectivity index (χ3n) is 6.03. The second-order valence-electron chi connectivity index (χ2n) is 7.72. The Bertz CT molecular complexity index is 632. The Morgan fingerprint density at radius 1 is 1.17 bits per heavy atom. The monoisotopic (exact) mass is 348 g/mol. The summed E-state index contributed by atoms with van der Waals surface area (Å²) in [5.41, 5.74) is 0.574. The van der Waals surface area contributed by atoms with Gasteiger partial charge in [-0.3, -0.25) is 9.69 Å². The minimum Gasteiger partial charge on any atom is -0.506 e. The van der Waals surface area contributed by atoms with E-state index in [-0.39, 0.29) is 16.7 Å². The van der Waals surface area contributed by atoms with Crippen molar-refractivity contribution in [3.05, 3.63) is 28.8 Å². The second-order valence-corrected chi connectivity index (χ2v) is 8.13. The van der Waals surface area contributed by atoms with E-state index in [1.54, 1.807) is 12.1 Å². The summed E-state index contributed by atoms with van der Waals surface area (Å²) in [5.74, 6) is 1.53. The number of aromatic hydroxyl groups is 1. The summed E-state index contributed by atoms with van der Waals surface area (Å²) in [6.07, 6.45) is 6.58. The molecule has 4 nitrogen and oxygen atoms in total. The molecule has 24 heavy (non-hydrogen) atoms. The van der Waals surface area contributed by atoms with E-state index in [0.717, 1.165) is 25.6 Å². The maximum absolute atomic E-state index is 12.9. The van der Waals surface area contributed by atoms with E-state index >= 15 is 0 Å². The largest absolute Gasteiger partial charge is 0.506 e. The minimum atomic E-state index is 0.0239. The van der Waals surface area contributed by atoms with Crippen LogP contribution in [0.2, 0.25) is 5.02 Å². The van der Waals surface area contributed by atoms with Gasteiger partial charge in [-0.25, -0.2) is 0 Å². The van der Waals surface area contributed by atoms with Crippen LogP contribution in [-0.4, -0.2) is 53.0 Å². The average Bonchev–Trinajstić information content (AvgIpc) is 2.84. The quantitative estimate of drug-likeness (QED) is 0.910. The number of hydrogen-bond donors (Lipinski definition) is 1. The number of halogens is 1. The lowest BCUT2D eigenvalue weighted by molar-refractivity contribution is 0.0717. The summed E-state index contributed by atoms with van der Waals surface area (Å²) >= 11 is 5.97. The molecule has 1 aromatic carbocycles. The molecule has 0 radical (unpaired) electrons. The number of benzene rings is 1. The molecule has 2 bridgehead atoms. The molecule has 0 unspecified atom stereocenters. The molecule has 3 saturated heterocycles. The van der Waals surface area contributed by atoms with E-state index in [2.05, 4.69) is 4.90 Å². The number of carbonyl (C=O) groups excluding carboxylic acids is 1. The number of amides is 1. The molecular formula is C19H25ClN2O2. The summed E-state index contributed by atoms with van der Waals surface area (Å²) in [4.78, 5) is 17.6. The Balaban J connectivity index is 1.48. The first kappa shape index (κ1) is 16.2. The molecule has 2 atom stereocenters. The van der Waals surface area contributed by atoms with E-state index in [1.807, 2.05) is 4.90 Å². The number of hydrogen-bond acceptors (Lipinski definition) is 3. The first-order chi connectivity index (χ1) is 11.6. The molecule has 4 aliphatic rings. The highest BCUT2D eigenvalue weighted by molar-refractivity contribution is 6.32. The van der Waals surface area contributed by atoms with Crippen molar-refractivity contribution in [1.29, 1.82) is 0 Å². The Morgan fingerprint density at radius 2 is 2.00 bits per heavy atom. The molecule has 4 fully saturated rings. The Kier molecular flexibility index (Phi) is 4.44. The van der Waals surface area contributed by atoms with Gasteiger partial charge in [0.15, 0.2) is 0 Å². The number of piperidine rings is 1. The number of phenolic OH excluding ortho intramolecular Hbond substituents is 1. The molecular weight excluding hydrogens is 324 g/mol. The Hall–Kier alpha value is -1.26. The van der Waals surface area contributed by atoms with E-state index in [9.17, 15) is 9.90 Å². The highest BCUT2D eigenvalue weighted by Crippen LogP contribution is 2.34. The van der Waals surface area contributed by atoms with Gasteiger partial charge in [-0.1, -0.05) is 18.0 Å². The van der Waals surface area contributed by atoms with Crippen LogP contribution in [0.5, 0.6) is 5.75 Å². The van der Waals surface area contributed by atoms with Crippen molar-refractivity contribution in [2.75, 3.05) is 26.2 Å². The van der Waals surface area contributed by atoms with Crippen LogP contribution in [0.15, 0.2) is 18.2 Å². The average molecular weight is 349 g/mol. The number of nitrogens with zero attached hydrogens (tertiary/aromatic N) is 2. The zero-order valence-electron chi connectivity index (χ0n) is 14.0. The van der Waals surface area contributed by atoms with Gasteiger partial charge in [0, 0.05) is 37.8 Å². The summed E-state index contributed by atoms with van der Waals surface area (Å²) in [6.45, 7) is 4.02. The van der Waals surface area contributed by atoms with E-state index in [1.165, 1.54) is 44.7 Å². The van der Waals surface area contributed by atoms with Gasteiger partial charge in [-0.15, -0.1) is 0 Å². The van der Waals surface area contributed by atoms with Gasteiger partial charge in [-0.2, -0.15) is 0 Å². The van der Waals surface area contributed by atoms with E-state index in [4.69, 9.17) is 11.6 Å². The lowest BCUT2D eigenvalue weighted by atomic mass is 9.83. The second kappa shape index (κ2) is 6.57. The van der Waals surface area contributed by atoms with Crippen molar-refractivity contribution in [2.45, 2.75) is 38.1 Å². The summed E-state index contributed by atoms with van der Waals surface area (Å²) < 4.78 is 0. The Morgan fingerprint density at radius 3 is 2.71 bits per heavy atom. The van der Waals surface area contributed by atoms with E-state index < -0.39 is 0 Å². The molecule has 3 aliphatic heterocycles. The van der Waals surface area contributed by atoms with Gasteiger partial charge in [0.1, 0.15) is 5.75 Å². The molecule has 3 heterocycles. The van der Waals surface area contributed by atoms with Crippen molar-refractivity contribution in [1.82, 2.24) is 9.80 Å². The molecule has 130 valence electrons. The minimum absolute atomic E-state index is 0.0239. The van der Waals surface area contributed by atoms with Crippen LogP contribution in [0, 0.1) is 11.8 Å². The lowest BCUT2D eigenvalue weighted by Gasteiger charge is -2.40. The van der Waals surface area contributed by atoms with Gasteiger partial charge in [0.25, 0.3) is 5.91 Å². The first-order valence-electron chi connectivity index (χ1n) is 9.12. The number of fused-ring (bicyclic) bond motifs is 4. The van der Waals surface area contributed by atoms with Crippen molar-refractivity contribution in [3.8, 4) is 5.75 Å². The summed E-state index contributed by atoms with van der Waals surface area (Å²) in [6, 6.07) is 5.26. The highest BCUT2D eigenvalue weighted by Gasteiger charge is 2.37. The highest BCUT2D eigenvalue weighted by atomic mass is 35.5. The van der Waals surface area contributed by atoms with Crippen molar-refractivity contribution >= 4 is 17.5 Å². The fourth-order valence-electron chi connectivity index (χ4n) is 4.40. The van der Waals surface area contributed by atoms with Crippen molar-refractivity contribution in [2.24, 2.45) is 11.8 Å². The molecule has 1 saturated carbocycles. The SMILES string of the molecule is O=C(c1ccc(O)c(Cl)c1)N1C[C@@H]2CC[C@H](C1)N(CC1CCC1)C2. The number of carbonyl (C=O) groups is 1. The number of phenols is 1. The maximum atomic E-state index is 12.9. The third kappa shape index (κ3) is 3.14. The Labute approximate surface area is 148 Å². The third-order valence-corrected chi connectivity index (χ3v) is 6.33. The van der Waals surface area contributed by atoms with Gasteiger partial charge >= 0.3 is 0 Å². The zero-order chi connectivity index (χ0) is 16.7. The van der Waals surface area contributed by atoms with Crippen LogP contribution in [0.25, 0.3) is 0 Å². The topological polar surface area (TPSA) is 43.8 Å². The smallest absolute Gasteiger partial charge is 0.253 e. The fraction of sp³-hybridized carbons (Fsp3) is 0.632. The summed E-state index contributed by atoms with van der Waals surface area (Å²) in [7, 11) is 0. The fourth-order valence-corrected chi connectivity index (χ4v) is 4.58. The van der Waals surface area contributed by atoms with Crippen LogP contribution >= 0.6 is 11.6 Å². The predicted octanol–water partition coefficient (Wildman–Crippen LogP) is 3.38. The molecule has 1 aromatic rings. The molecule has 0 aromatic heterocycles. The molecule has 1 N–H and O–H groups in total. The zero-order valence-corrected chi connectivity index (χ0v) is 14.7. The van der Waals surface area contributed by atoms with Crippen molar-refractivity contribution < 1.29 is 9.90 Å². The molecule has 5 rings (SSSR count). The summed E-state index contributed by atoms with van der Waals surface area (Å²) in [5, 5.41) is 9.80. The van der Waals surface area contributed by atoms with Gasteiger partial charge in [0.05, 0.1) is 5.02 Å².